The van der Waals surface area contributed by atoms with Gasteiger partial charge >= 0.3 is 0 Å². The Labute approximate surface area is 82.9 Å². The molecule has 0 aromatic rings. The van der Waals surface area contributed by atoms with Crippen LogP contribution in [0, 0.1) is 5.92 Å². The van der Waals surface area contributed by atoms with Crippen molar-refractivity contribution in [3.05, 3.63) is 11.1 Å². The Kier molecular flexibility index (Phi) is 6.06. The molecule has 2 atom stereocenters. The van der Waals surface area contributed by atoms with E-state index in [9.17, 15) is 5.11 Å². The van der Waals surface area contributed by atoms with E-state index in [4.69, 9.17) is 0 Å². The van der Waals surface area contributed by atoms with Crippen molar-refractivity contribution in [3.63, 3.8) is 0 Å². The Morgan fingerprint density at radius 2 is 1.69 bits per heavy atom. The van der Waals surface area contributed by atoms with E-state index in [0.717, 1.165) is 6.42 Å². The maximum Gasteiger partial charge on any atom is 0.0514 e. The van der Waals surface area contributed by atoms with Crippen LogP contribution in [0.1, 0.15) is 53.9 Å². The Hall–Kier alpha value is -0.300. The number of hydrogen-bond donors (Lipinski definition) is 1. The summed E-state index contributed by atoms with van der Waals surface area (Å²) in [7, 11) is 0. The lowest BCUT2D eigenvalue weighted by atomic mass is 9.95. The Morgan fingerprint density at radius 3 is 2.08 bits per heavy atom. The number of hydrogen-bond acceptors (Lipinski definition) is 1. The fourth-order valence-corrected chi connectivity index (χ4v) is 1.41. The van der Waals surface area contributed by atoms with Crippen molar-refractivity contribution in [1.29, 1.82) is 0 Å². The van der Waals surface area contributed by atoms with Crippen LogP contribution in [0.25, 0.3) is 0 Å². The van der Waals surface area contributed by atoms with Gasteiger partial charge in [0.15, 0.2) is 0 Å². The van der Waals surface area contributed by atoms with Gasteiger partial charge in [-0.1, -0.05) is 18.1 Å². The molecule has 13 heavy (non-hydrogen) atoms. The summed E-state index contributed by atoms with van der Waals surface area (Å²) in [6.45, 7) is 10.6. The summed E-state index contributed by atoms with van der Waals surface area (Å²) in [4.78, 5) is 0. The molecule has 0 rings (SSSR count). The zero-order chi connectivity index (χ0) is 10.4. The first-order valence-electron chi connectivity index (χ1n) is 5.24. The van der Waals surface area contributed by atoms with E-state index in [2.05, 4.69) is 27.7 Å². The Balaban J connectivity index is 3.70. The van der Waals surface area contributed by atoms with Gasteiger partial charge in [-0.15, -0.1) is 0 Å². The number of aliphatic hydroxyl groups excluding tert-OH is 1. The fourth-order valence-electron chi connectivity index (χ4n) is 1.41. The third-order valence-electron chi connectivity index (χ3n) is 2.61. The molecule has 1 nitrogen and oxygen atoms in total. The monoisotopic (exact) mass is 184 g/mol. The van der Waals surface area contributed by atoms with Crippen molar-refractivity contribution >= 4 is 0 Å². The molecule has 0 spiro atoms. The first-order chi connectivity index (χ1) is 5.93. The number of rotatable bonds is 5. The molecule has 0 saturated heterocycles. The minimum Gasteiger partial charge on any atom is -0.393 e. The third kappa shape index (κ3) is 6.83. The summed E-state index contributed by atoms with van der Waals surface area (Å²) in [6.07, 6.45) is 3.15. The molecule has 0 aliphatic rings. The van der Waals surface area contributed by atoms with Gasteiger partial charge < -0.3 is 5.11 Å². The average Bonchev–Trinajstić information content (AvgIpc) is 1.98. The highest BCUT2D eigenvalue weighted by atomic mass is 16.3. The minimum absolute atomic E-state index is 0.151. The van der Waals surface area contributed by atoms with Crippen LogP contribution in [0.3, 0.4) is 0 Å². The maximum atomic E-state index is 9.19. The number of aliphatic hydroxyl groups is 1. The number of allylic oxidation sites excluding steroid dienone is 2. The van der Waals surface area contributed by atoms with Crippen molar-refractivity contribution in [2.24, 2.45) is 5.92 Å². The normalized spacial score (nSPS) is 15.2. The van der Waals surface area contributed by atoms with Crippen LogP contribution in [0.5, 0.6) is 0 Å². The predicted octanol–water partition coefficient (Wildman–Crippen LogP) is 3.53. The highest BCUT2D eigenvalue weighted by Gasteiger charge is 2.06. The third-order valence-corrected chi connectivity index (χ3v) is 2.61. The molecule has 0 aromatic heterocycles. The zero-order valence-corrected chi connectivity index (χ0v) is 9.72. The van der Waals surface area contributed by atoms with Crippen molar-refractivity contribution in [2.75, 3.05) is 0 Å². The molecule has 1 N–H and O–H groups in total. The lowest BCUT2D eigenvalue weighted by Crippen LogP contribution is -2.07. The van der Waals surface area contributed by atoms with Gasteiger partial charge in [0.1, 0.15) is 0 Å². The molecular formula is C12H24O. The molecule has 78 valence electrons. The highest BCUT2D eigenvalue weighted by Crippen LogP contribution is 2.18. The van der Waals surface area contributed by atoms with Crippen LogP contribution in [-0.4, -0.2) is 11.2 Å². The van der Waals surface area contributed by atoms with Crippen LogP contribution < -0.4 is 0 Å². The van der Waals surface area contributed by atoms with Gasteiger partial charge in [-0.25, -0.2) is 0 Å². The topological polar surface area (TPSA) is 20.2 Å². The molecule has 0 heterocycles. The van der Waals surface area contributed by atoms with Crippen molar-refractivity contribution < 1.29 is 5.11 Å². The lowest BCUT2D eigenvalue weighted by molar-refractivity contribution is 0.162. The van der Waals surface area contributed by atoms with E-state index >= 15 is 0 Å². The maximum absolute atomic E-state index is 9.19. The molecule has 1 heteroatoms. The van der Waals surface area contributed by atoms with E-state index in [1.807, 2.05) is 6.92 Å². The van der Waals surface area contributed by atoms with Gasteiger partial charge in [0.25, 0.3) is 0 Å². The first kappa shape index (κ1) is 12.7. The molecule has 0 amide bonds. The van der Waals surface area contributed by atoms with Gasteiger partial charge in [-0.05, 0) is 52.9 Å². The van der Waals surface area contributed by atoms with Crippen LogP contribution in [0.4, 0.5) is 0 Å². The second-order valence-corrected chi connectivity index (χ2v) is 4.51. The van der Waals surface area contributed by atoms with Gasteiger partial charge in [-0.2, -0.15) is 0 Å². The first-order valence-corrected chi connectivity index (χ1v) is 5.24. The molecule has 0 radical (unpaired) electrons. The van der Waals surface area contributed by atoms with Crippen molar-refractivity contribution in [3.8, 4) is 0 Å². The standard InChI is InChI=1S/C12H24O/c1-9(2)11(4)7-6-10(3)8-12(5)13/h10,12-13H,6-8H2,1-5H3/t10-,12+/m1/s1. The molecule has 0 aliphatic carbocycles. The summed E-state index contributed by atoms with van der Waals surface area (Å²) in [5.74, 6) is 0.634. The van der Waals surface area contributed by atoms with E-state index in [1.54, 1.807) is 0 Å². The summed E-state index contributed by atoms with van der Waals surface area (Å²) < 4.78 is 0. The SMILES string of the molecule is CC(C)=C(C)CC[C@@H](C)C[C@H](C)O. The minimum atomic E-state index is -0.151. The van der Waals surface area contributed by atoms with E-state index in [-0.39, 0.29) is 6.10 Å². The largest absolute Gasteiger partial charge is 0.393 e. The Morgan fingerprint density at radius 1 is 1.15 bits per heavy atom. The van der Waals surface area contributed by atoms with Crippen LogP contribution in [0.15, 0.2) is 11.1 Å². The molecule has 0 fully saturated rings. The summed E-state index contributed by atoms with van der Waals surface area (Å²) >= 11 is 0. The molecule has 0 bridgehead atoms. The quantitative estimate of drug-likeness (QED) is 0.648. The zero-order valence-electron chi connectivity index (χ0n) is 9.72. The lowest BCUT2D eigenvalue weighted by Gasteiger charge is -2.13. The predicted molar refractivity (Wildman–Crippen MR) is 58.7 cm³/mol. The highest BCUT2D eigenvalue weighted by molar-refractivity contribution is 5.06. The smallest absolute Gasteiger partial charge is 0.0514 e. The second-order valence-electron chi connectivity index (χ2n) is 4.51. The molecular weight excluding hydrogens is 160 g/mol. The van der Waals surface area contributed by atoms with E-state index in [1.165, 1.54) is 24.0 Å². The molecule has 0 aliphatic heterocycles. The van der Waals surface area contributed by atoms with E-state index < -0.39 is 0 Å². The van der Waals surface area contributed by atoms with Crippen molar-refractivity contribution in [2.45, 2.75) is 60.0 Å². The molecule has 0 aromatic carbocycles. The fraction of sp³-hybridized carbons (Fsp3) is 0.833. The van der Waals surface area contributed by atoms with Crippen LogP contribution in [0.2, 0.25) is 0 Å². The van der Waals surface area contributed by atoms with Crippen LogP contribution >= 0.6 is 0 Å². The van der Waals surface area contributed by atoms with E-state index in [0.29, 0.717) is 5.92 Å². The van der Waals surface area contributed by atoms with Gasteiger partial charge in [0.05, 0.1) is 6.10 Å². The van der Waals surface area contributed by atoms with Crippen molar-refractivity contribution in [1.82, 2.24) is 0 Å². The molecule has 0 unspecified atom stereocenters. The van der Waals surface area contributed by atoms with Gasteiger partial charge in [0, 0.05) is 0 Å². The summed E-state index contributed by atoms with van der Waals surface area (Å²) in [6, 6.07) is 0. The summed E-state index contributed by atoms with van der Waals surface area (Å²) in [5.41, 5.74) is 2.93. The van der Waals surface area contributed by atoms with Gasteiger partial charge in [0.2, 0.25) is 0 Å². The Bertz CT molecular complexity index is 164. The van der Waals surface area contributed by atoms with Gasteiger partial charge in [-0.3, -0.25) is 0 Å². The second kappa shape index (κ2) is 6.20. The summed E-state index contributed by atoms with van der Waals surface area (Å²) in [5, 5.41) is 9.19. The average molecular weight is 184 g/mol. The van der Waals surface area contributed by atoms with Crippen LogP contribution in [-0.2, 0) is 0 Å². The molecule has 0 saturated carbocycles.